The Kier molecular flexibility index (Phi) is 15.1. The van der Waals surface area contributed by atoms with Crippen molar-refractivity contribution in [1.82, 2.24) is 39.0 Å². The molecule has 0 fully saturated rings. The zero-order chi connectivity index (χ0) is 77.5. The van der Waals surface area contributed by atoms with Crippen LogP contribution in [0.1, 0.15) is 0 Å². The molecule has 548 valence electrons. The summed E-state index contributed by atoms with van der Waals surface area (Å²) >= 11 is 0. The number of rotatable bonds is 11. The van der Waals surface area contributed by atoms with Crippen LogP contribution in [-0.4, -0.2) is 39.0 Å². The second-order valence-corrected chi connectivity index (χ2v) is 30.3. The van der Waals surface area contributed by atoms with E-state index in [1.54, 1.807) is 0 Å². The number of fused-ring (bicyclic) bond motifs is 6. The van der Waals surface area contributed by atoms with Crippen LogP contribution in [0.25, 0.3) is 244 Å². The van der Waals surface area contributed by atoms with Crippen molar-refractivity contribution in [2.75, 3.05) is 0 Å². The van der Waals surface area contributed by atoms with E-state index in [1.807, 2.05) is 60.7 Å². The first-order valence-electron chi connectivity index (χ1n) is 39.8. The number of furan rings is 2. The summed E-state index contributed by atoms with van der Waals surface area (Å²) in [5.74, 6) is 3.71. The van der Waals surface area contributed by atoms with Crippen LogP contribution < -0.4 is 0 Å². The van der Waals surface area contributed by atoms with E-state index in [2.05, 4.69) is 337 Å². The van der Waals surface area contributed by atoms with Gasteiger partial charge in [0, 0.05) is 87.8 Å². The largest absolute Gasteiger partial charge is 0.456 e. The van der Waals surface area contributed by atoms with E-state index >= 15 is 0 Å². The summed E-state index contributed by atoms with van der Waals surface area (Å²) in [5.41, 5.74) is 22.5. The number of hydrogen-bond donors (Lipinski definition) is 0. The van der Waals surface area contributed by atoms with Crippen molar-refractivity contribution in [3.05, 3.63) is 388 Å². The lowest BCUT2D eigenvalue weighted by molar-refractivity contribution is 0.669. The first-order valence-corrected chi connectivity index (χ1v) is 39.8. The summed E-state index contributed by atoms with van der Waals surface area (Å²) in [6, 6.07) is 136. The molecule has 0 aliphatic carbocycles. The molecule has 0 saturated heterocycles. The maximum Gasteiger partial charge on any atom is 0.164 e. The minimum Gasteiger partial charge on any atom is -0.456 e. The Bertz CT molecular complexity index is 8300. The molecule has 10 nitrogen and oxygen atoms in total. The summed E-state index contributed by atoms with van der Waals surface area (Å²) in [6.07, 6.45) is 0. The molecule has 0 saturated carbocycles. The zero-order valence-electron chi connectivity index (χ0n) is 63.3. The Balaban J connectivity index is 0.000000135. The van der Waals surface area contributed by atoms with Crippen LogP contribution in [0.4, 0.5) is 0 Å². The van der Waals surface area contributed by atoms with Crippen LogP contribution in [0.15, 0.2) is 397 Å². The summed E-state index contributed by atoms with van der Waals surface area (Å²) in [6.45, 7) is 0. The van der Waals surface area contributed by atoms with Crippen LogP contribution in [-0.2, 0) is 0 Å². The van der Waals surface area contributed by atoms with Crippen molar-refractivity contribution in [1.29, 1.82) is 0 Å². The first kappa shape index (κ1) is 66.6. The van der Waals surface area contributed by atoms with E-state index in [4.69, 9.17) is 38.7 Å². The Labute approximate surface area is 675 Å². The van der Waals surface area contributed by atoms with Gasteiger partial charge in [-0.1, -0.05) is 303 Å². The lowest BCUT2D eigenvalue weighted by atomic mass is 9.95. The molecule has 0 amide bonds. The standard InChI is InChI=1S/C57H34N4O.C51H30N4O/c1-3-14-35(15-4-1)37-18-9-19-38(32-37)39-20-10-21-40(33-39)56-58-55(36-16-5-2-6-17-36)59-57(60-56)41-22-11-23-42(34-41)61-47-28-12-26-45-43-24-7-8-25-44(43)46-27-13-29-49-52(46)54-50(62-49)31-30-48(61)53(54)51(45)47;1-3-12-31(13-4-1)32-24-26-34(27-25-32)50-52-49(33-14-5-2-6-15-33)53-51(54-50)35-16-9-17-36(30-35)55-41-22-10-20-39-37-18-7-8-19-38(37)40-21-11-23-43-46(40)48-44(56-43)29-28-42(55)47(48)45(39)41/h1-34H;1-30H. The first-order chi connectivity index (χ1) is 58.5. The van der Waals surface area contributed by atoms with Gasteiger partial charge in [0.2, 0.25) is 0 Å². The average molecular weight is 1510 g/mol. The van der Waals surface area contributed by atoms with E-state index in [-0.39, 0.29) is 0 Å². The minimum absolute atomic E-state index is 0.605. The van der Waals surface area contributed by atoms with Crippen LogP contribution >= 0.6 is 0 Å². The quantitative estimate of drug-likeness (QED) is 0.126. The van der Waals surface area contributed by atoms with E-state index < -0.39 is 0 Å². The average Bonchev–Trinajstić information content (AvgIpc) is 1.54. The van der Waals surface area contributed by atoms with Gasteiger partial charge in [-0.05, 0) is 161 Å². The summed E-state index contributed by atoms with van der Waals surface area (Å²) in [4.78, 5) is 30.7. The van der Waals surface area contributed by atoms with Gasteiger partial charge in [-0.3, -0.25) is 0 Å². The second-order valence-electron chi connectivity index (χ2n) is 30.3. The van der Waals surface area contributed by atoms with Crippen LogP contribution in [0.2, 0.25) is 0 Å². The van der Waals surface area contributed by atoms with Gasteiger partial charge in [0.1, 0.15) is 22.3 Å². The fourth-order valence-electron chi connectivity index (χ4n) is 18.3. The molecule has 6 heterocycles. The molecule has 0 radical (unpaired) electrons. The molecule has 25 rings (SSSR count). The summed E-state index contributed by atoms with van der Waals surface area (Å²) in [7, 11) is 0. The highest BCUT2D eigenvalue weighted by Crippen LogP contribution is 2.50. The smallest absolute Gasteiger partial charge is 0.164 e. The van der Waals surface area contributed by atoms with Crippen LogP contribution in [0.5, 0.6) is 0 Å². The van der Waals surface area contributed by atoms with Gasteiger partial charge in [-0.2, -0.15) is 0 Å². The molecule has 0 N–H and O–H groups in total. The maximum atomic E-state index is 6.60. The third-order valence-electron chi connectivity index (χ3n) is 23.6. The molecule has 118 heavy (non-hydrogen) atoms. The van der Waals surface area contributed by atoms with Crippen molar-refractivity contribution >= 4 is 131 Å². The number of hydrogen-bond acceptors (Lipinski definition) is 8. The Morgan fingerprint density at radius 3 is 0.822 bits per heavy atom. The molecule has 25 aromatic rings. The maximum absolute atomic E-state index is 6.60. The molecule has 0 aliphatic heterocycles. The zero-order valence-corrected chi connectivity index (χ0v) is 63.3. The van der Waals surface area contributed by atoms with Crippen LogP contribution in [0, 0.1) is 0 Å². The minimum atomic E-state index is 0.605. The predicted molar refractivity (Wildman–Crippen MR) is 484 cm³/mol. The molecule has 6 aromatic heterocycles. The van der Waals surface area contributed by atoms with Gasteiger partial charge in [0.05, 0.1) is 22.1 Å². The van der Waals surface area contributed by atoms with E-state index in [0.717, 1.165) is 127 Å². The monoisotopic (exact) mass is 1500 g/mol. The molecule has 0 bridgehead atoms. The highest BCUT2D eigenvalue weighted by molar-refractivity contribution is 6.40. The molecule has 0 unspecified atom stereocenters. The van der Waals surface area contributed by atoms with Gasteiger partial charge in [-0.25, -0.2) is 29.9 Å². The highest BCUT2D eigenvalue weighted by Gasteiger charge is 2.27. The SMILES string of the molecule is c1ccc(-c2ccc(-c3nc(-c4ccccc4)nc(-c4cccc(-n5c6cccc7c8ccccc8c8cccc9oc%10ccc5c(c%10c98)c76)c4)n3)cc2)cc1.c1ccc(-c2cccc(-c3cccc(-c4nc(-c5ccccc5)nc(-c5cccc(-n6c7cccc8c9ccccc9c9cccc%10oc%11ccc6c(c%11c%109)c87)c5)n4)c3)c2)cc1. The fraction of sp³-hybridized carbons (Fsp3) is 0. The summed E-state index contributed by atoms with van der Waals surface area (Å²) in [5, 5.41) is 19.1. The van der Waals surface area contributed by atoms with E-state index in [9.17, 15) is 0 Å². The van der Waals surface area contributed by atoms with Gasteiger partial charge in [-0.15, -0.1) is 0 Å². The van der Waals surface area contributed by atoms with Crippen molar-refractivity contribution in [2.45, 2.75) is 0 Å². The van der Waals surface area contributed by atoms with Gasteiger partial charge in [0.25, 0.3) is 0 Å². The Morgan fingerprint density at radius 1 is 0.153 bits per heavy atom. The van der Waals surface area contributed by atoms with E-state index in [1.165, 1.54) is 81.3 Å². The normalized spacial score (nSPS) is 11.9. The van der Waals surface area contributed by atoms with Crippen LogP contribution in [0.3, 0.4) is 0 Å². The van der Waals surface area contributed by atoms with E-state index in [0.29, 0.717) is 34.9 Å². The van der Waals surface area contributed by atoms with Gasteiger partial charge < -0.3 is 18.0 Å². The predicted octanol–water partition coefficient (Wildman–Crippen LogP) is 28.2. The fourth-order valence-corrected chi connectivity index (χ4v) is 18.3. The Hall–Kier alpha value is -16.0. The number of benzene rings is 17. The highest BCUT2D eigenvalue weighted by atomic mass is 16.3. The molecular weight excluding hydrogens is 1440 g/mol. The van der Waals surface area contributed by atoms with Gasteiger partial charge in [0.15, 0.2) is 34.9 Å². The lowest BCUT2D eigenvalue weighted by Gasteiger charge is -2.12. The molecule has 0 atom stereocenters. The van der Waals surface area contributed by atoms with Crippen molar-refractivity contribution in [3.8, 4) is 113 Å². The molecular formula is C108H64N8O2. The van der Waals surface area contributed by atoms with Gasteiger partial charge >= 0.3 is 0 Å². The molecule has 0 aliphatic rings. The van der Waals surface area contributed by atoms with Crippen molar-refractivity contribution < 1.29 is 8.83 Å². The molecule has 19 aromatic carbocycles. The second kappa shape index (κ2) is 26.8. The summed E-state index contributed by atoms with van der Waals surface area (Å²) < 4.78 is 17.9. The molecule has 0 spiro atoms. The number of nitrogens with zero attached hydrogens (tertiary/aromatic N) is 8. The lowest BCUT2D eigenvalue weighted by Crippen LogP contribution is -2.01. The topological polar surface area (TPSA) is 113 Å². The third-order valence-corrected chi connectivity index (χ3v) is 23.6. The van der Waals surface area contributed by atoms with Crippen molar-refractivity contribution in [2.24, 2.45) is 0 Å². The Morgan fingerprint density at radius 2 is 0.407 bits per heavy atom. The third kappa shape index (κ3) is 10.7. The van der Waals surface area contributed by atoms with Crippen molar-refractivity contribution in [3.63, 3.8) is 0 Å². The number of aromatic nitrogens is 8. The molecule has 10 heteroatoms.